The van der Waals surface area contributed by atoms with Gasteiger partial charge in [0.05, 0.1) is 11.0 Å². The summed E-state index contributed by atoms with van der Waals surface area (Å²) in [6.07, 6.45) is 2.41. The predicted molar refractivity (Wildman–Crippen MR) is 69.3 cm³/mol. The summed E-state index contributed by atoms with van der Waals surface area (Å²) >= 11 is 1.70. The topological polar surface area (TPSA) is 45.8 Å². The van der Waals surface area contributed by atoms with Crippen LogP contribution in [0.4, 0.5) is 0 Å². The van der Waals surface area contributed by atoms with Crippen LogP contribution >= 0.6 is 11.8 Å². The van der Waals surface area contributed by atoms with Crippen molar-refractivity contribution < 1.29 is 4.79 Å². The first-order chi connectivity index (χ1) is 8.20. The molecule has 88 valence electrons. The van der Waals surface area contributed by atoms with E-state index < -0.39 is 0 Å². The monoisotopic (exact) mass is 246 g/mol. The van der Waals surface area contributed by atoms with E-state index in [2.05, 4.69) is 29.0 Å². The summed E-state index contributed by atoms with van der Waals surface area (Å²) in [5.41, 5.74) is 3.31. The van der Waals surface area contributed by atoms with Crippen LogP contribution in [0.2, 0.25) is 0 Å². The molecule has 1 unspecified atom stereocenters. The Hall–Kier alpha value is -1.29. The van der Waals surface area contributed by atoms with Crippen molar-refractivity contribution in [2.45, 2.75) is 36.6 Å². The molecule has 4 heteroatoms. The average Bonchev–Trinajstić information content (AvgIpc) is 2.84. The van der Waals surface area contributed by atoms with E-state index in [0.29, 0.717) is 17.5 Å². The normalized spacial score (nSPS) is 20.3. The van der Waals surface area contributed by atoms with E-state index in [1.165, 1.54) is 5.56 Å². The Balaban J connectivity index is 1.83. The Morgan fingerprint density at radius 1 is 1.47 bits per heavy atom. The first-order valence-corrected chi connectivity index (χ1v) is 6.73. The van der Waals surface area contributed by atoms with E-state index in [1.54, 1.807) is 11.8 Å². The minimum atomic E-state index is 0.384. The fraction of sp³-hybridized carbons (Fsp3) is 0.385. The zero-order valence-electron chi connectivity index (χ0n) is 9.69. The summed E-state index contributed by atoms with van der Waals surface area (Å²) in [4.78, 5) is 19.1. The lowest BCUT2D eigenvalue weighted by Crippen LogP contribution is -1.96. The molecule has 17 heavy (non-hydrogen) atoms. The summed E-state index contributed by atoms with van der Waals surface area (Å²) in [7, 11) is 0. The van der Waals surface area contributed by atoms with Crippen molar-refractivity contribution in [1.82, 2.24) is 9.97 Å². The minimum absolute atomic E-state index is 0.384. The van der Waals surface area contributed by atoms with Crippen LogP contribution in [-0.4, -0.2) is 21.0 Å². The van der Waals surface area contributed by atoms with Crippen molar-refractivity contribution in [3.05, 3.63) is 23.8 Å². The van der Waals surface area contributed by atoms with Gasteiger partial charge in [-0.15, -0.1) is 0 Å². The Bertz CT molecular complexity index is 576. The summed E-state index contributed by atoms with van der Waals surface area (Å²) < 4.78 is 0. The van der Waals surface area contributed by atoms with Gasteiger partial charge in [-0.2, -0.15) is 0 Å². The van der Waals surface area contributed by atoms with Crippen LogP contribution in [0.5, 0.6) is 0 Å². The van der Waals surface area contributed by atoms with E-state index in [0.717, 1.165) is 29.0 Å². The number of H-pyrrole nitrogens is 1. The standard InChI is InChI=1S/C13H14N2OS/c1-8-2-5-11-12(6-8)15-13(14-11)17-10-4-3-9(16)7-10/h2,5-6,10H,3-4,7H2,1H3,(H,14,15). The van der Waals surface area contributed by atoms with Gasteiger partial charge in [-0.3, -0.25) is 4.79 Å². The summed E-state index contributed by atoms with van der Waals surface area (Å²) in [5.74, 6) is 0.384. The number of carbonyl (C=O) groups excluding carboxylic acids is 1. The number of rotatable bonds is 2. The second-order valence-electron chi connectivity index (χ2n) is 4.58. The van der Waals surface area contributed by atoms with Crippen molar-refractivity contribution >= 4 is 28.6 Å². The molecule has 1 saturated carbocycles. The molecule has 1 atom stereocenters. The second kappa shape index (κ2) is 4.18. The first-order valence-electron chi connectivity index (χ1n) is 5.85. The van der Waals surface area contributed by atoms with Gasteiger partial charge in [-0.05, 0) is 31.0 Å². The van der Waals surface area contributed by atoms with Crippen LogP contribution in [0.1, 0.15) is 24.8 Å². The highest BCUT2D eigenvalue weighted by molar-refractivity contribution is 7.99. The van der Waals surface area contributed by atoms with Crippen LogP contribution in [0, 0.1) is 6.92 Å². The van der Waals surface area contributed by atoms with E-state index in [1.807, 2.05) is 6.07 Å². The Morgan fingerprint density at radius 3 is 3.12 bits per heavy atom. The quantitative estimate of drug-likeness (QED) is 0.885. The molecule has 3 nitrogen and oxygen atoms in total. The molecule has 1 heterocycles. The highest BCUT2D eigenvalue weighted by Crippen LogP contribution is 2.32. The van der Waals surface area contributed by atoms with Gasteiger partial charge in [0.15, 0.2) is 5.16 Å². The molecular weight excluding hydrogens is 232 g/mol. The van der Waals surface area contributed by atoms with Gasteiger partial charge in [0.1, 0.15) is 5.78 Å². The molecule has 1 fully saturated rings. The third kappa shape index (κ3) is 2.22. The van der Waals surface area contributed by atoms with Crippen molar-refractivity contribution in [3.63, 3.8) is 0 Å². The molecule has 0 aliphatic heterocycles. The molecule has 0 radical (unpaired) electrons. The largest absolute Gasteiger partial charge is 0.333 e. The highest BCUT2D eigenvalue weighted by Gasteiger charge is 2.23. The number of fused-ring (bicyclic) bond motifs is 1. The molecule has 0 spiro atoms. The number of ketones is 1. The van der Waals surface area contributed by atoms with Gasteiger partial charge in [0.25, 0.3) is 0 Å². The number of nitrogens with one attached hydrogen (secondary N) is 1. The highest BCUT2D eigenvalue weighted by atomic mass is 32.2. The van der Waals surface area contributed by atoms with Gasteiger partial charge < -0.3 is 4.98 Å². The van der Waals surface area contributed by atoms with Crippen molar-refractivity contribution in [2.75, 3.05) is 0 Å². The molecule has 0 saturated heterocycles. The maximum absolute atomic E-state index is 11.2. The number of carbonyl (C=O) groups is 1. The van der Waals surface area contributed by atoms with Crippen molar-refractivity contribution in [2.24, 2.45) is 0 Å². The summed E-state index contributed by atoms with van der Waals surface area (Å²) in [5, 5.41) is 1.34. The Labute approximate surface area is 104 Å². The number of hydrogen-bond donors (Lipinski definition) is 1. The lowest BCUT2D eigenvalue weighted by atomic mass is 10.2. The van der Waals surface area contributed by atoms with Crippen molar-refractivity contribution in [1.29, 1.82) is 0 Å². The third-order valence-corrected chi connectivity index (χ3v) is 4.25. The lowest BCUT2D eigenvalue weighted by Gasteiger charge is -2.03. The van der Waals surface area contributed by atoms with Crippen LogP contribution in [0.3, 0.4) is 0 Å². The molecule has 1 aromatic carbocycles. The maximum Gasteiger partial charge on any atom is 0.166 e. The fourth-order valence-corrected chi connectivity index (χ4v) is 3.33. The number of benzene rings is 1. The lowest BCUT2D eigenvalue weighted by molar-refractivity contribution is -0.117. The number of hydrogen-bond acceptors (Lipinski definition) is 3. The smallest absolute Gasteiger partial charge is 0.166 e. The van der Waals surface area contributed by atoms with E-state index >= 15 is 0 Å². The minimum Gasteiger partial charge on any atom is -0.333 e. The van der Waals surface area contributed by atoms with Crippen LogP contribution < -0.4 is 0 Å². The zero-order chi connectivity index (χ0) is 11.8. The van der Waals surface area contributed by atoms with Gasteiger partial charge in [0.2, 0.25) is 0 Å². The van der Waals surface area contributed by atoms with Crippen LogP contribution in [0.15, 0.2) is 23.4 Å². The number of aryl methyl sites for hydroxylation is 1. The molecule has 2 aromatic rings. The van der Waals surface area contributed by atoms with Gasteiger partial charge in [-0.25, -0.2) is 4.98 Å². The van der Waals surface area contributed by atoms with Crippen LogP contribution in [-0.2, 0) is 4.79 Å². The van der Waals surface area contributed by atoms with E-state index in [-0.39, 0.29) is 0 Å². The Kier molecular flexibility index (Phi) is 2.67. The van der Waals surface area contributed by atoms with Crippen LogP contribution in [0.25, 0.3) is 11.0 Å². The SMILES string of the molecule is Cc1ccc2nc(SC3CCC(=O)C3)[nH]c2c1. The molecule has 1 aliphatic carbocycles. The molecule has 0 bridgehead atoms. The number of nitrogens with zero attached hydrogens (tertiary/aromatic N) is 1. The van der Waals surface area contributed by atoms with Gasteiger partial charge in [0, 0.05) is 18.1 Å². The zero-order valence-corrected chi connectivity index (χ0v) is 10.5. The number of Topliss-reactive ketones (excluding diaryl/α,β-unsaturated/α-hetero) is 1. The predicted octanol–water partition coefficient (Wildman–Crippen LogP) is 3.09. The number of aromatic nitrogens is 2. The number of thioether (sulfide) groups is 1. The molecule has 1 aromatic heterocycles. The molecule has 1 aliphatic rings. The third-order valence-electron chi connectivity index (χ3n) is 3.09. The van der Waals surface area contributed by atoms with Gasteiger partial charge >= 0.3 is 0 Å². The summed E-state index contributed by atoms with van der Waals surface area (Å²) in [6, 6.07) is 6.20. The second-order valence-corrected chi connectivity index (χ2v) is 5.87. The molecule has 1 N–H and O–H groups in total. The fourth-order valence-electron chi connectivity index (χ4n) is 2.19. The number of imidazole rings is 1. The van der Waals surface area contributed by atoms with Gasteiger partial charge in [-0.1, -0.05) is 17.8 Å². The summed E-state index contributed by atoms with van der Waals surface area (Å²) in [6.45, 7) is 2.07. The number of aromatic amines is 1. The molecule has 3 rings (SSSR count). The van der Waals surface area contributed by atoms with E-state index in [9.17, 15) is 4.79 Å². The average molecular weight is 246 g/mol. The van der Waals surface area contributed by atoms with E-state index in [4.69, 9.17) is 0 Å². The molecule has 0 amide bonds. The van der Waals surface area contributed by atoms with Crippen molar-refractivity contribution in [3.8, 4) is 0 Å². The Morgan fingerprint density at radius 2 is 2.35 bits per heavy atom. The molecular formula is C13H14N2OS. The first kappa shape index (κ1) is 10.8. The maximum atomic E-state index is 11.2.